The third-order valence-corrected chi connectivity index (χ3v) is 4.64. The fraction of sp³-hybridized carbons (Fsp3) is 0.389. The number of carbonyl (C=O) groups is 1. The quantitative estimate of drug-likeness (QED) is 0.669. The van der Waals surface area contributed by atoms with Gasteiger partial charge >= 0.3 is 0 Å². The third kappa shape index (κ3) is 4.17. The Labute approximate surface area is 136 Å². The number of rotatable bonds is 8. The van der Waals surface area contributed by atoms with Gasteiger partial charge in [-0.1, -0.05) is 0 Å². The molecule has 1 aromatic carbocycles. The van der Waals surface area contributed by atoms with Crippen molar-refractivity contribution in [3.8, 4) is 0 Å². The molecular formula is C18H23NO2S. The van der Waals surface area contributed by atoms with Gasteiger partial charge in [0.15, 0.2) is 5.78 Å². The Balaban J connectivity index is 1.96. The smallest absolute Gasteiger partial charge is 0.172 e. The highest BCUT2D eigenvalue weighted by Gasteiger charge is 2.11. The van der Waals surface area contributed by atoms with Gasteiger partial charge in [-0.25, -0.2) is 0 Å². The molecule has 0 aliphatic carbocycles. The molecule has 0 saturated carbocycles. The second kappa shape index (κ2) is 8.08. The molecule has 2 rings (SSSR count). The monoisotopic (exact) mass is 317 g/mol. The maximum Gasteiger partial charge on any atom is 0.172 e. The Morgan fingerprint density at radius 2 is 2.00 bits per heavy atom. The van der Waals surface area contributed by atoms with Gasteiger partial charge in [-0.15, -0.1) is 11.8 Å². The van der Waals surface area contributed by atoms with Gasteiger partial charge in [-0.05, 0) is 56.7 Å². The van der Waals surface area contributed by atoms with Crippen molar-refractivity contribution >= 4 is 23.2 Å². The Bertz CT molecular complexity index is 604. The highest BCUT2D eigenvalue weighted by atomic mass is 32.2. The van der Waals surface area contributed by atoms with Crippen LogP contribution in [0.4, 0.5) is 5.69 Å². The normalized spacial score (nSPS) is 10.7. The van der Waals surface area contributed by atoms with Crippen LogP contribution in [-0.4, -0.2) is 24.6 Å². The molecule has 1 aromatic heterocycles. The van der Waals surface area contributed by atoms with Crippen molar-refractivity contribution in [2.24, 2.45) is 0 Å². The molecule has 0 aliphatic rings. The van der Waals surface area contributed by atoms with E-state index in [1.165, 1.54) is 5.69 Å². The van der Waals surface area contributed by atoms with Crippen LogP contribution in [-0.2, 0) is 5.75 Å². The number of furan rings is 1. The predicted octanol–water partition coefficient (Wildman–Crippen LogP) is 4.55. The molecule has 0 saturated heterocycles. The maximum atomic E-state index is 12.3. The van der Waals surface area contributed by atoms with Crippen LogP contribution in [0.15, 0.2) is 41.0 Å². The van der Waals surface area contributed by atoms with E-state index >= 15 is 0 Å². The number of hydrogen-bond donors (Lipinski definition) is 0. The van der Waals surface area contributed by atoms with Gasteiger partial charge in [-0.3, -0.25) is 4.79 Å². The molecule has 0 aliphatic heterocycles. The van der Waals surface area contributed by atoms with E-state index in [0.717, 1.165) is 35.7 Å². The SMILES string of the molecule is CCN(CC)c1ccc(C(=O)CSCc2ccco2)cc1C. The Hall–Kier alpha value is -1.68. The molecule has 0 fully saturated rings. The Morgan fingerprint density at radius 3 is 2.59 bits per heavy atom. The van der Waals surface area contributed by atoms with E-state index in [1.54, 1.807) is 18.0 Å². The van der Waals surface area contributed by atoms with Crippen LogP contribution in [0.2, 0.25) is 0 Å². The van der Waals surface area contributed by atoms with E-state index in [9.17, 15) is 4.79 Å². The van der Waals surface area contributed by atoms with Crippen LogP contribution in [0.3, 0.4) is 0 Å². The van der Waals surface area contributed by atoms with Crippen LogP contribution in [0.5, 0.6) is 0 Å². The van der Waals surface area contributed by atoms with E-state index in [0.29, 0.717) is 5.75 Å². The summed E-state index contributed by atoms with van der Waals surface area (Å²) < 4.78 is 5.27. The summed E-state index contributed by atoms with van der Waals surface area (Å²) in [4.78, 5) is 14.6. The first kappa shape index (κ1) is 16.7. The first-order valence-corrected chi connectivity index (χ1v) is 8.80. The molecule has 118 valence electrons. The zero-order valence-corrected chi connectivity index (χ0v) is 14.3. The van der Waals surface area contributed by atoms with Crippen LogP contribution in [0.25, 0.3) is 0 Å². The fourth-order valence-corrected chi connectivity index (χ4v) is 3.29. The van der Waals surface area contributed by atoms with Crippen LogP contribution in [0.1, 0.15) is 35.5 Å². The van der Waals surface area contributed by atoms with Crippen molar-refractivity contribution < 1.29 is 9.21 Å². The molecule has 22 heavy (non-hydrogen) atoms. The third-order valence-electron chi connectivity index (χ3n) is 3.68. The minimum atomic E-state index is 0.172. The average molecular weight is 317 g/mol. The van der Waals surface area contributed by atoms with Crippen molar-refractivity contribution in [1.82, 2.24) is 0 Å². The molecule has 0 unspecified atom stereocenters. The van der Waals surface area contributed by atoms with Gasteiger partial charge in [0.1, 0.15) is 5.76 Å². The summed E-state index contributed by atoms with van der Waals surface area (Å²) in [7, 11) is 0. The molecule has 0 atom stereocenters. The molecule has 0 N–H and O–H groups in total. The van der Waals surface area contributed by atoms with Gasteiger partial charge in [0.25, 0.3) is 0 Å². The van der Waals surface area contributed by atoms with Gasteiger partial charge in [0.05, 0.1) is 17.8 Å². The van der Waals surface area contributed by atoms with Crippen LogP contribution >= 0.6 is 11.8 Å². The van der Waals surface area contributed by atoms with E-state index in [2.05, 4.69) is 31.7 Å². The lowest BCUT2D eigenvalue weighted by Crippen LogP contribution is -2.22. The fourth-order valence-electron chi connectivity index (χ4n) is 2.47. The molecule has 0 bridgehead atoms. The van der Waals surface area contributed by atoms with E-state index < -0.39 is 0 Å². The number of ketones is 1. The zero-order valence-electron chi connectivity index (χ0n) is 13.5. The Morgan fingerprint density at radius 1 is 1.23 bits per heavy atom. The highest BCUT2D eigenvalue weighted by Crippen LogP contribution is 2.22. The first-order chi connectivity index (χ1) is 10.7. The second-order valence-corrected chi connectivity index (χ2v) is 6.15. The van der Waals surface area contributed by atoms with E-state index in [-0.39, 0.29) is 5.78 Å². The molecule has 3 nitrogen and oxygen atoms in total. The molecule has 1 heterocycles. The van der Waals surface area contributed by atoms with Crippen molar-refractivity contribution in [3.05, 3.63) is 53.5 Å². The topological polar surface area (TPSA) is 33.5 Å². The summed E-state index contributed by atoms with van der Waals surface area (Å²) in [5, 5.41) is 0. The Kier molecular flexibility index (Phi) is 6.13. The molecule has 2 aromatic rings. The lowest BCUT2D eigenvalue weighted by atomic mass is 10.1. The van der Waals surface area contributed by atoms with Gasteiger partial charge < -0.3 is 9.32 Å². The number of carbonyl (C=O) groups excluding carboxylic acids is 1. The predicted molar refractivity (Wildman–Crippen MR) is 93.9 cm³/mol. The number of thioether (sulfide) groups is 1. The molecule has 0 spiro atoms. The summed E-state index contributed by atoms with van der Waals surface area (Å²) in [6.45, 7) is 8.31. The number of hydrogen-bond acceptors (Lipinski definition) is 4. The van der Waals surface area contributed by atoms with Crippen molar-refractivity contribution in [2.75, 3.05) is 23.7 Å². The summed E-state index contributed by atoms with van der Waals surface area (Å²) >= 11 is 1.59. The highest BCUT2D eigenvalue weighted by molar-refractivity contribution is 7.99. The van der Waals surface area contributed by atoms with Crippen molar-refractivity contribution in [1.29, 1.82) is 0 Å². The molecular weight excluding hydrogens is 294 g/mol. The zero-order chi connectivity index (χ0) is 15.9. The van der Waals surface area contributed by atoms with Crippen LogP contribution in [0, 0.1) is 6.92 Å². The standard InChI is InChI=1S/C18H23NO2S/c1-4-19(5-2)17-9-8-15(11-14(17)3)18(20)13-22-12-16-7-6-10-21-16/h6-11H,4-5,12-13H2,1-3H3. The number of nitrogens with zero attached hydrogens (tertiary/aromatic N) is 1. The van der Waals surface area contributed by atoms with Crippen molar-refractivity contribution in [2.45, 2.75) is 26.5 Å². The summed E-state index contributed by atoms with van der Waals surface area (Å²) in [6, 6.07) is 9.81. The number of aryl methyl sites for hydroxylation is 1. The van der Waals surface area contributed by atoms with Crippen molar-refractivity contribution in [3.63, 3.8) is 0 Å². The average Bonchev–Trinajstić information content (AvgIpc) is 3.03. The molecule has 4 heteroatoms. The molecule has 0 radical (unpaired) electrons. The van der Waals surface area contributed by atoms with E-state index in [1.807, 2.05) is 24.3 Å². The minimum absolute atomic E-state index is 0.172. The number of Topliss-reactive ketones (excluding diaryl/α,β-unsaturated/α-hetero) is 1. The van der Waals surface area contributed by atoms with Gasteiger partial charge in [-0.2, -0.15) is 0 Å². The minimum Gasteiger partial charge on any atom is -0.468 e. The maximum absolute atomic E-state index is 12.3. The second-order valence-electron chi connectivity index (χ2n) is 5.17. The first-order valence-electron chi connectivity index (χ1n) is 7.64. The van der Waals surface area contributed by atoms with Gasteiger partial charge in [0, 0.05) is 24.3 Å². The number of benzene rings is 1. The summed E-state index contributed by atoms with van der Waals surface area (Å²) in [6.07, 6.45) is 1.66. The van der Waals surface area contributed by atoms with E-state index in [4.69, 9.17) is 4.42 Å². The number of anilines is 1. The summed E-state index contributed by atoms with van der Waals surface area (Å²) in [5.41, 5.74) is 3.16. The summed E-state index contributed by atoms with van der Waals surface area (Å²) in [5.74, 6) is 2.29. The lowest BCUT2D eigenvalue weighted by Gasteiger charge is -2.23. The largest absolute Gasteiger partial charge is 0.468 e. The van der Waals surface area contributed by atoms with Gasteiger partial charge in [0.2, 0.25) is 0 Å². The molecule has 0 amide bonds. The van der Waals surface area contributed by atoms with Crippen LogP contribution < -0.4 is 4.90 Å². The lowest BCUT2D eigenvalue weighted by molar-refractivity contribution is 0.102.